The van der Waals surface area contributed by atoms with Crippen molar-refractivity contribution in [2.75, 3.05) is 20.2 Å². The van der Waals surface area contributed by atoms with E-state index in [0.717, 1.165) is 19.0 Å². The van der Waals surface area contributed by atoms with Crippen LogP contribution in [0.5, 0.6) is 0 Å². The fraction of sp³-hybridized carbons (Fsp3) is 0.947. The summed E-state index contributed by atoms with van der Waals surface area (Å²) in [6, 6.07) is 0. The molecule has 0 unspecified atom stereocenters. The maximum atomic E-state index is 11.0. The van der Waals surface area contributed by atoms with Crippen LogP contribution in [0.25, 0.3) is 0 Å². The van der Waals surface area contributed by atoms with Crippen LogP contribution in [0, 0.1) is 11.3 Å². The highest BCUT2D eigenvalue weighted by molar-refractivity contribution is 5.68. The zero-order valence-corrected chi connectivity index (χ0v) is 17.1. The second kappa shape index (κ2) is 16.6. The lowest BCUT2D eigenvalue weighted by atomic mass is 9.58. The molecule has 0 radical (unpaired) electrons. The number of rotatable bonds is 1. The highest BCUT2D eigenvalue weighted by Crippen LogP contribution is 2.51. The van der Waals surface area contributed by atoms with E-state index in [1.165, 1.54) is 32.8 Å². The van der Waals surface area contributed by atoms with Crippen LogP contribution in [0.2, 0.25) is 0 Å². The van der Waals surface area contributed by atoms with Crippen LogP contribution >= 0.6 is 0 Å². The summed E-state index contributed by atoms with van der Waals surface area (Å²) in [5.74, 6) is 0.866. The summed E-state index contributed by atoms with van der Waals surface area (Å²) in [6.07, 6.45) is 5.06. The zero-order chi connectivity index (χ0) is 18.2. The molecule has 0 atom stereocenters. The Morgan fingerprint density at radius 2 is 1.36 bits per heavy atom. The highest BCUT2D eigenvalue weighted by atomic mass is 16.5. The number of amides is 1. The average Bonchev–Trinajstić information content (AvgIpc) is 2.54. The first-order valence-electron chi connectivity index (χ1n) is 9.39. The van der Waals surface area contributed by atoms with Crippen molar-refractivity contribution in [3.8, 4) is 0 Å². The molecule has 1 spiro atoms. The van der Waals surface area contributed by atoms with E-state index in [4.69, 9.17) is 0 Å². The maximum Gasteiger partial charge on any atom is 0.409 e. The van der Waals surface area contributed by atoms with Crippen LogP contribution in [-0.2, 0) is 4.74 Å². The Balaban J connectivity index is -0.000000307. The van der Waals surface area contributed by atoms with Gasteiger partial charge in [-0.15, -0.1) is 0 Å². The second-order valence-electron chi connectivity index (χ2n) is 5.34. The van der Waals surface area contributed by atoms with Gasteiger partial charge in [-0.05, 0) is 18.8 Å². The molecule has 3 heteroatoms. The van der Waals surface area contributed by atoms with Crippen LogP contribution in [0.1, 0.15) is 88.0 Å². The van der Waals surface area contributed by atoms with Crippen molar-refractivity contribution in [3.05, 3.63) is 0 Å². The minimum atomic E-state index is -0.167. The molecule has 136 valence electrons. The number of likely N-dealkylation sites (tertiary alicyclic amines) is 1. The smallest absolute Gasteiger partial charge is 0.409 e. The molecule has 1 saturated heterocycles. The van der Waals surface area contributed by atoms with Gasteiger partial charge in [0.15, 0.2) is 0 Å². The van der Waals surface area contributed by atoms with E-state index in [-0.39, 0.29) is 6.09 Å². The number of ether oxygens (including phenoxy) is 1. The van der Waals surface area contributed by atoms with Crippen LogP contribution in [0.15, 0.2) is 0 Å². The van der Waals surface area contributed by atoms with E-state index >= 15 is 0 Å². The lowest BCUT2D eigenvalue weighted by Gasteiger charge is -2.57. The molecule has 0 bridgehead atoms. The number of hydrogen-bond acceptors (Lipinski definition) is 2. The normalized spacial score (nSPS) is 16.5. The molecule has 0 aromatic carbocycles. The number of nitrogens with zero attached hydrogens (tertiary/aromatic N) is 1. The van der Waals surface area contributed by atoms with Crippen molar-refractivity contribution < 1.29 is 9.53 Å². The van der Waals surface area contributed by atoms with Gasteiger partial charge in [0, 0.05) is 18.5 Å². The third kappa shape index (κ3) is 9.32. The molecule has 1 saturated carbocycles. The van der Waals surface area contributed by atoms with Gasteiger partial charge >= 0.3 is 6.09 Å². The summed E-state index contributed by atoms with van der Waals surface area (Å²) in [5, 5.41) is 0. The van der Waals surface area contributed by atoms with Gasteiger partial charge in [-0.1, -0.05) is 75.2 Å². The predicted molar refractivity (Wildman–Crippen MR) is 99.4 cm³/mol. The van der Waals surface area contributed by atoms with Gasteiger partial charge in [-0.3, -0.25) is 0 Å². The third-order valence-corrected chi connectivity index (χ3v) is 3.55. The predicted octanol–water partition coefficient (Wildman–Crippen LogP) is 6.37. The maximum absolute atomic E-state index is 11.0. The molecule has 3 nitrogen and oxygen atoms in total. The minimum Gasteiger partial charge on any atom is -0.453 e. The summed E-state index contributed by atoms with van der Waals surface area (Å²) in [6.45, 7) is 20.5. The standard InChI is InChI=1S/C9H15NO2.C4H10.3C2H6/c1-7-3-9(4-7)5-10(6-9)8(11)12-2;1-3-4-2;3*1-2/h7H,3-6H2,1-2H3;3-4H2,1-2H3;3*1-2H3. The Morgan fingerprint density at radius 1 is 1.00 bits per heavy atom. The summed E-state index contributed by atoms with van der Waals surface area (Å²) in [5.41, 5.74) is 0.494. The van der Waals surface area contributed by atoms with Gasteiger partial charge in [0.05, 0.1) is 7.11 Å². The Kier molecular flexibility index (Phi) is 19.8. The van der Waals surface area contributed by atoms with E-state index in [2.05, 4.69) is 25.5 Å². The van der Waals surface area contributed by atoms with Crippen molar-refractivity contribution in [3.63, 3.8) is 0 Å². The lowest BCUT2D eigenvalue weighted by Crippen LogP contribution is -2.63. The molecule has 0 aromatic heterocycles. The summed E-state index contributed by atoms with van der Waals surface area (Å²) >= 11 is 0. The van der Waals surface area contributed by atoms with Gasteiger partial charge in [-0.25, -0.2) is 4.79 Å². The first-order valence-corrected chi connectivity index (χ1v) is 9.39. The van der Waals surface area contributed by atoms with E-state index < -0.39 is 0 Å². The van der Waals surface area contributed by atoms with Gasteiger partial charge in [0.25, 0.3) is 0 Å². The topological polar surface area (TPSA) is 29.5 Å². The molecular formula is C19H43NO2. The quantitative estimate of drug-likeness (QED) is 0.562. The molecule has 1 aliphatic heterocycles. The molecule has 1 amide bonds. The summed E-state index contributed by atoms with van der Waals surface area (Å²) in [4.78, 5) is 12.8. The fourth-order valence-corrected chi connectivity index (χ4v) is 2.70. The monoisotopic (exact) mass is 317 g/mol. The molecule has 0 aromatic rings. The van der Waals surface area contributed by atoms with Crippen molar-refractivity contribution in [1.82, 2.24) is 4.90 Å². The minimum absolute atomic E-state index is 0.167. The molecule has 2 fully saturated rings. The average molecular weight is 318 g/mol. The van der Waals surface area contributed by atoms with Crippen LogP contribution in [0.3, 0.4) is 0 Å². The number of methoxy groups -OCH3 is 1. The van der Waals surface area contributed by atoms with Crippen LogP contribution < -0.4 is 0 Å². The first-order chi connectivity index (χ1) is 10.6. The number of unbranched alkanes of at least 4 members (excludes halogenated alkanes) is 1. The van der Waals surface area contributed by atoms with Gasteiger partial charge in [0.2, 0.25) is 0 Å². The molecule has 2 rings (SSSR count). The van der Waals surface area contributed by atoms with Crippen LogP contribution in [0.4, 0.5) is 4.79 Å². The number of carbonyl (C=O) groups excluding carboxylic acids is 1. The molecule has 2 aliphatic rings. The number of hydrogen-bond donors (Lipinski definition) is 0. The molecule has 22 heavy (non-hydrogen) atoms. The molecular weight excluding hydrogens is 274 g/mol. The van der Waals surface area contributed by atoms with Gasteiger partial charge in [-0.2, -0.15) is 0 Å². The first kappa shape index (κ1) is 26.2. The van der Waals surface area contributed by atoms with E-state index in [1.807, 2.05) is 41.5 Å². The van der Waals surface area contributed by atoms with Gasteiger partial charge < -0.3 is 9.64 Å². The molecule has 1 heterocycles. The Labute approximate surface area is 140 Å². The van der Waals surface area contributed by atoms with Crippen molar-refractivity contribution >= 4 is 6.09 Å². The highest BCUT2D eigenvalue weighted by Gasteiger charge is 2.52. The summed E-state index contributed by atoms with van der Waals surface area (Å²) in [7, 11) is 1.44. The van der Waals surface area contributed by atoms with E-state index in [0.29, 0.717) is 5.41 Å². The Hall–Kier alpha value is -0.730. The largest absolute Gasteiger partial charge is 0.453 e. The van der Waals surface area contributed by atoms with Crippen molar-refractivity contribution in [2.24, 2.45) is 11.3 Å². The second-order valence-corrected chi connectivity index (χ2v) is 5.34. The lowest BCUT2D eigenvalue weighted by molar-refractivity contribution is -0.0771. The Bertz CT molecular complexity index is 226. The fourth-order valence-electron chi connectivity index (χ4n) is 2.70. The molecule has 1 aliphatic carbocycles. The van der Waals surface area contributed by atoms with E-state index in [9.17, 15) is 4.79 Å². The van der Waals surface area contributed by atoms with Crippen molar-refractivity contribution in [1.29, 1.82) is 0 Å². The molecule has 0 N–H and O–H groups in total. The SMILES string of the molecule is CC.CC.CC.CCCC.COC(=O)N1CC2(CC(C)C2)C1. The summed E-state index contributed by atoms with van der Waals surface area (Å²) < 4.78 is 4.63. The third-order valence-electron chi connectivity index (χ3n) is 3.55. The van der Waals surface area contributed by atoms with Gasteiger partial charge in [0.1, 0.15) is 0 Å². The number of carbonyl (C=O) groups is 1. The van der Waals surface area contributed by atoms with Crippen LogP contribution in [-0.4, -0.2) is 31.2 Å². The zero-order valence-electron chi connectivity index (χ0n) is 17.1. The van der Waals surface area contributed by atoms with E-state index in [1.54, 1.807) is 4.90 Å². The Morgan fingerprint density at radius 3 is 1.59 bits per heavy atom. The van der Waals surface area contributed by atoms with Crippen molar-refractivity contribution in [2.45, 2.75) is 88.0 Å².